The molecule has 4 nitrogen and oxygen atoms in total. The number of methoxy groups -OCH3 is 1. The zero-order valence-corrected chi connectivity index (χ0v) is 14.6. The Labute approximate surface area is 152 Å². The van der Waals surface area contributed by atoms with E-state index in [2.05, 4.69) is 5.32 Å². The third-order valence-corrected chi connectivity index (χ3v) is 4.25. The van der Waals surface area contributed by atoms with Crippen molar-refractivity contribution < 1.29 is 13.9 Å². The van der Waals surface area contributed by atoms with Crippen LogP contribution in [0.5, 0.6) is 5.75 Å². The van der Waals surface area contributed by atoms with Crippen molar-refractivity contribution in [1.82, 2.24) is 9.88 Å². The van der Waals surface area contributed by atoms with Crippen LogP contribution in [0.15, 0.2) is 73.1 Å². The fourth-order valence-corrected chi connectivity index (χ4v) is 2.85. The number of ether oxygens (including phenoxy) is 1. The van der Waals surface area contributed by atoms with Gasteiger partial charge in [-0.3, -0.25) is 4.79 Å². The predicted octanol–water partition coefficient (Wildman–Crippen LogP) is 3.93. The van der Waals surface area contributed by atoms with E-state index < -0.39 is 0 Å². The Morgan fingerprint density at radius 3 is 2.54 bits per heavy atom. The molecule has 3 aromatic rings. The lowest BCUT2D eigenvalue weighted by molar-refractivity contribution is -0.121. The van der Waals surface area contributed by atoms with Crippen LogP contribution >= 0.6 is 0 Å². The fourth-order valence-electron chi connectivity index (χ4n) is 2.85. The molecule has 1 heterocycles. The van der Waals surface area contributed by atoms with Gasteiger partial charge in [0.05, 0.1) is 19.6 Å². The van der Waals surface area contributed by atoms with Crippen LogP contribution in [0, 0.1) is 5.82 Å². The molecular formula is C21H21FN2O2. The molecule has 1 atom stereocenters. The van der Waals surface area contributed by atoms with Crippen molar-refractivity contribution in [1.29, 1.82) is 0 Å². The van der Waals surface area contributed by atoms with E-state index in [0.29, 0.717) is 13.0 Å². The maximum atomic E-state index is 13.0. The van der Waals surface area contributed by atoms with Crippen LogP contribution in [0.4, 0.5) is 4.39 Å². The molecule has 26 heavy (non-hydrogen) atoms. The summed E-state index contributed by atoms with van der Waals surface area (Å²) in [5.74, 6) is 0.396. The molecule has 0 bridgehead atoms. The molecule has 1 N–H and O–H groups in total. The Bertz CT molecular complexity index is 845. The van der Waals surface area contributed by atoms with Crippen molar-refractivity contribution in [3.63, 3.8) is 0 Å². The quantitative estimate of drug-likeness (QED) is 0.700. The van der Waals surface area contributed by atoms with Crippen LogP contribution < -0.4 is 10.1 Å². The van der Waals surface area contributed by atoms with Gasteiger partial charge in [0, 0.05) is 18.9 Å². The minimum atomic E-state index is -0.286. The topological polar surface area (TPSA) is 43.3 Å². The third-order valence-electron chi connectivity index (χ3n) is 4.25. The van der Waals surface area contributed by atoms with Crippen molar-refractivity contribution in [3.05, 3.63) is 90.0 Å². The van der Waals surface area contributed by atoms with Crippen molar-refractivity contribution in [3.8, 4) is 5.75 Å². The van der Waals surface area contributed by atoms with E-state index >= 15 is 0 Å². The van der Waals surface area contributed by atoms with E-state index in [1.807, 2.05) is 53.4 Å². The molecule has 0 aliphatic heterocycles. The second kappa shape index (κ2) is 8.34. The normalized spacial score (nSPS) is 11.8. The molecule has 1 aromatic heterocycles. The first kappa shape index (κ1) is 17.7. The third kappa shape index (κ3) is 4.51. The molecule has 0 unspecified atom stereocenters. The van der Waals surface area contributed by atoms with Gasteiger partial charge in [0.15, 0.2) is 0 Å². The van der Waals surface area contributed by atoms with Crippen LogP contribution in [0.3, 0.4) is 0 Å². The summed E-state index contributed by atoms with van der Waals surface area (Å²) in [4.78, 5) is 12.5. The average Bonchev–Trinajstić information content (AvgIpc) is 3.20. The van der Waals surface area contributed by atoms with Gasteiger partial charge < -0.3 is 14.6 Å². The first-order chi connectivity index (χ1) is 12.7. The SMILES string of the molecule is COc1cccc([C@@H](CC(=O)NCc2ccc(F)cc2)n2cccc2)c1. The number of carbonyl (C=O) groups excluding carboxylic acids is 1. The number of nitrogens with one attached hydrogen (secondary N) is 1. The van der Waals surface area contributed by atoms with Crippen molar-refractivity contribution in [2.75, 3.05) is 7.11 Å². The van der Waals surface area contributed by atoms with Gasteiger partial charge in [-0.1, -0.05) is 24.3 Å². The average molecular weight is 352 g/mol. The molecule has 0 saturated carbocycles. The van der Waals surface area contributed by atoms with Crippen molar-refractivity contribution in [2.45, 2.75) is 19.0 Å². The van der Waals surface area contributed by atoms with E-state index in [1.54, 1.807) is 19.2 Å². The second-order valence-corrected chi connectivity index (χ2v) is 6.03. The van der Waals surface area contributed by atoms with Gasteiger partial charge in [0.2, 0.25) is 5.91 Å². The molecule has 3 rings (SSSR count). The lowest BCUT2D eigenvalue weighted by atomic mass is 10.0. The zero-order chi connectivity index (χ0) is 18.4. The molecule has 5 heteroatoms. The van der Waals surface area contributed by atoms with Crippen LogP contribution in [0.1, 0.15) is 23.6 Å². The van der Waals surface area contributed by atoms with E-state index in [4.69, 9.17) is 4.74 Å². The molecule has 0 saturated heterocycles. The van der Waals surface area contributed by atoms with E-state index in [-0.39, 0.29) is 17.8 Å². The predicted molar refractivity (Wildman–Crippen MR) is 98.4 cm³/mol. The smallest absolute Gasteiger partial charge is 0.222 e. The van der Waals surface area contributed by atoms with Crippen LogP contribution in [0.25, 0.3) is 0 Å². The van der Waals surface area contributed by atoms with Gasteiger partial charge in [0.1, 0.15) is 11.6 Å². The number of benzene rings is 2. The number of halogens is 1. The highest BCUT2D eigenvalue weighted by Crippen LogP contribution is 2.25. The Morgan fingerprint density at radius 1 is 1.12 bits per heavy atom. The molecule has 0 aliphatic rings. The number of aromatic nitrogens is 1. The number of amides is 1. The van der Waals surface area contributed by atoms with Crippen molar-refractivity contribution in [2.24, 2.45) is 0 Å². The largest absolute Gasteiger partial charge is 0.497 e. The highest BCUT2D eigenvalue weighted by Gasteiger charge is 2.18. The summed E-state index contributed by atoms with van der Waals surface area (Å²) in [6, 6.07) is 17.6. The second-order valence-electron chi connectivity index (χ2n) is 6.03. The highest BCUT2D eigenvalue weighted by atomic mass is 19.1. The molecule has 0 fully saturated rings. The molecule has 0 aliphatic carbocycles. The summed E-state index contributed by atoms with van der Waals surface area (Å²) in [7, 11) is 1.62. The van der Waals surface area contributed by atoms with E-state index in [9.17, 15) is 9.18 Å². The molecule has 2 aromatic carbocycles. The fraction of sp³-hybridized carbons (Fsp3) is 0.190. The van der Waals surface area contributed by atoms with Crippen LogP contribution in [0.2, 0.25) is 0 Å². The summed E-state index contributed by atoms with van der Waals surface area (Å²) in [5.41, 5.74) is 1.86. The van der Waals surface area contributed by atoms with Gasteiger partial charge in [-0.2, -0.15) is 0 Å². The Morgan fingerprint density at radius 2 is 1.85 bits per heavy atom. The zero-order valence-electron chi connectivity index (χ0n) is 14.6. The number of carbonyl (C=O) groups is 1. The number of hydrogen-bond acceptors (Lipinski definition) is 2. The Balaban J connectivity index is 1.71. The number of nitrogens with zero attached hydrogens (tertiary/aromatic N) is 1. The highest BCUT2D eigenvalue weighted by molar-refractivity contribution is 5.76. The van der Waals surface area contributed by atoms with E-state index in [0.717, 1.165) is 16.9 Å². The minimum Gasteiger partial charge on any atom is -0.497 e. The van der Waals surface area contributed by atoms with Crippen LogP contribution in [-0.4, -0.2) is 17.6 Å². The Kier molecular flexibility index (Phi) is 5.69. The van der Waals surface area contributed by atoms with Crippen molar-refractivity contribution >= 4 is 5.91 Å². The summed E-state index contributed by atoms with van der Waals surface area (Å²) in [6.07, 6.45) is 4.18. The Hall–Kier alpha value is -3.08. The maximum Gasteiger partial charge on any atom is 0.222 e. The molecule has 0 spiro atoms. The monoisotopic (exact) mass is 352 g/mol. The minimum absolute atomic E-state index is 0.0733. The summed E-state index contributed by atoms with van der Waals surface area (Å²) in [5, 5.41) is 2.90. The number of hydrogen-bond donors (Lipinski definition) is 1. The van der Waals surface area contributed by atoms with Gasteiger partial charge in [-0.25, -0.2) is 4.39 Å². The molecule has 134 valence electrons. The summed E-state index contributed by atoms with van der Waals surface area (Å²) >= 11 is 0. The summed E-state index contributed by atoms with van der Waals surface area (Å²) in [6.45, 7) is 0.371. The molecule has 0 radical (unpaired) electrons. The standard InChI is InChI=1S/C21H21FN2O2/c1-26-19-6-4-5-17(13-19)20(24-11-2-3-12-24)14-21(25)23-15-16-7-9-18(22)10-8-16/h2-13,20H,14-15H2,1H3,(H,23,25)/t20-/m1/s1. The first-order valence-electron chi connectivity index (χ1n) is 8.43. The van der Waals surface area contributed by atoms with E-state index in [1.165, 1.54) is 12.1 Å². The van der Waals surface area contributed by atoms with Crippen LogP contribution in [-0.2, 0) is 11.3 Å². The van der Waals surface area contributed by atoms with Gasteiger partial charge in [-0.05, 0) is 47.5 Å². The first-order valence-corrected chi connectivity index (χ1v) is 8.43. The lowest BCUT2D eigenvalue weighted by Crippen LogP contribution is -2.26. The molecule has 1 amide bonds. The van der Waals surface area contributed by atoms with Gasteiger partial charge in [-0.15, -0.1) is 0 Å². The van der Waals surface area contributed by atoms with Gasteiger partial charge in [0.25, 0.3) is 0 Å². The summed E-state index contributed by atoms with van der Waals surface area (Å²) < 4.78 is 20.3. The lowest BCUT2D eigenvalue weighted by Gasteiger charge is -2.20. The van der Waals surface area contributed by atoms with Gasteiger partial charge >= 0.3 is 0 Å². The maximum absolute atomic E-state index is 13.0. The molecular weight excluding hydrogens is 331 g/mol. The number of rotatable bonds is 7.